The molecule has 3 aromatic carbocycles. The zero-order valence-corrected chi connectivity index (χ0v) is 22.0. The summed E-state index contributed by atoms with van der Waals surface area (Å²) in [6.07, 6.45) is 1.32. The number of amides is 2. The lowest BCUT2D eigenvalue weighted by Crippen LogP contribution is -2.52. The van der Waals surface area contributed by atoms with Crippen LogP contribution >= 0.6 is 11.6 Å². The minimum atomic E-state index is -0.705. The molecule has 6 heteroatoms. The van der Waals surface area contributed by atoms with Gasteiger partial charge in [0.05, 0.1) is 0 Å². The van der Waals surface area contributed by atoms with Crippen molar-refractivity contribution >= 4 is 23.4 Å². The highest BCUT2D eigenvalue weighted by atomic mass is 35.5. The maximum atomic E-state index is 13.6. The average molecular weight is 507 g/mol. The van der Waals surface area contributed by atoms with E-state index in [0.29, 0.717) is 23.7 Å². The Bertz CT molecular complexity index is 1120. The molecule has 2 amide bonds. The summed E-state index contributed by atoms with van der Waals surface area (Å²) in [6.45, 7) is 6.77. The minimum absolute atomic E-state index is 0.172. The van der Waals surface area contributed by atoms with Crippen LogP contribution in [-0.2, 0) is 29.0 Å². The molecule has 0 fully saturated rings. The number of hydrogen-bond acceptors (Lipinski definition) is 3. The fourth-order valence-corrected chi connectivity index (χ4v) is 4.07. The summed E-state index contributed by atoms with van der Waals surface area (Å²) in [6, 6.07) is 24.1. The first kappa shape index (κ1) is 27.3. The van der Waals surface area contributed by atoms with Gasteiger partial charge in [-0.2, -0.15) is 0 Å². The van der Waals surface area contributed by atoms with E-state index in [2.05, 4.69) is 12.2 Å². The molecular weight excluding hydrogens is 472 g/mol. The first-order chi connectivity index (χ1) is 17.4. The monoisotopic (exact) mass is 506 g/mol. The summed E-state index contributed by atoms with van der Waals surface area (Å²) >= 11 is 6.22. The van der Waals surface area contributed by atoms with E-state index in [9.17, 15) is 9.59 Å². The van der Waals surface area contributed by atoms with E-state index in [1.165, 1.54) is 5.56 Å². The zero-order valence-electron chi connectivity index (χ0n) is 21.2. The van der Waals surface area contributed by atoms with Crippen molar-refractivity contribution in [2.75, 3.05) is 13.2 Å². The third-order valence-corrected chi connectivity index (χ3v) is 6.13. The molecule has 36 heavy (non-hydrogen) atoms. The molecule has 1 N–H and O–H groups in total. The highest BCUT2D eigenvalue weighted by molar-refractivity contribution is 6.30. The van der Waals surface area contributed by atoms with Gasteiger partial charge >= 0.3 is 0 Å². The number of carbonyl (C=O) groups is 2. The molecule has 1 atom stereocenters. The first-order valence-corrected chi connectivity index (χ1v) is 12.8. The molecule has 0 spiro atoms. The lowest BCUT2D eigenvalue weighted by molar-refractivity contribution is -0.142. The molecule has 0 bridgehead atoms. The molecular formula is C30H35ClN2O3. The number of carbonyl (C=O) groups excluding carboxylic acids is 2. The Morgan fingerprint density at radius 1 is 0.917 bits per heavy atom. The molecule has 3 rings (SSSR count). The van der Waals surface area contributed by atoms with E-state index in [4.69, 9.17) is 16.3 Å². The van der Waals surface area contributed by atoms with Gasteiger partial charge in [-0.1, -0.05) is 87.0 Å². The van der Waals surface area contributed by atoms with E-state index >= 15 is 0 Å². The molecule has 0 radical (unpaired) electrons. The summed E-state index contributed by atoms with van der Waals surface area (Å²) in [7, 11) is 0. The lowest BCUT2D eigenvalue weighted by atomic mass is 10.0. The Morgan fingerprint density at radius 2 is 1.61 bits per heavy atom. The number of nitrogens with zero attached hydrogens (tertiary/aromatic N) is 1. The van der Waals surface area contributed by atoms with Crippen LogP contribution < -0.4 is 10.1 Å². The Morgan fingerprint density at radius 3 is 2.25 bits per heavy atom. The van der Waals surface area contributed by atoms with Crippen LogP contribution in [0.4, 0.5) is 0 Å². The van der Waals surface area contributed by atoms with Crippen LogP contribution in [0.15, 0.2) is 78.9 Å². The van der Waals surface area contributed by atoms with Crippen molar-refractivity contribution in [3.05, 3.63) is 101 Å². The summed E-state index contributed by atoms with van der Waals surface area (Å²) in [5, 5.41) is 3.60. The van der Waals surface area contributed by atoms with Gasteiger partial charge in [-0.05, 0) is 53.3 Å². The van der Waals surface area contributed by atoms with Crippen molar-refractivity contribution in [1.82, 2.24) is 10.2 Å². The molecule has 0 aliphatic carbocycles. The number of rotatable bonds is 12. The van der Waals surface area contributed by atoms with Crippen molar-refractivity contribution < 1.29 is 14.3 Å². The summed E-state index contributed by atoms with van der Waals surface area (Å²) in [4.78, 5) is 28.6. The SMILES string of the molecule is CCc1ccc(OCC(=O)N(Cc2cccc(Cl)c2)[C@@H](Cc2ccccc2)C(=O)NCC(C)C)cc1. The van der Waals surface area contributed by atoms with Crippen molar-refractivity contribution in [2.45, 2.75) is 46.2 Å². The quantitative estimate of drug-likeness (QED) is 0.343. The predicted molar refractivity (Wildman–Crippen MR) is 145 cm³/mol. The van der Waals surface area contributed by atoms with Gasteiger partial charge in [-0.15, -0.1) is 0 Å². The molecule has 0 unspecified atom stereocenters. The molecule has 190 valence electrons. The van der Waals surface area contributed by atoms with Crippen LogP contribution in [0.25, 0.3) is 0 Å². The first-order valence-electron chi connectivity index (χ1n) is 12.4. The Hall–Kier alpha value is -3.31. The zero-order chi connectivity index (χ0) is 25.9. The van der Waals surface area contributed by atoms with E-state index < -0.39 is 6.04 Å². The molecule has 0 aliphatic rings. The number of nitrogens with one attached hydrogen (secondary N) is 1. The van der Waals surface area contributed by atoms with E-state index in [1.54, 1.807) is 11.0 Å². The normalized spacial score (nSPS) is 11.7. The number of hydrogen-bond donors (Lipinski definition) is 1. The number of aryl methyl sites for hydroxylation is 1. The Labute approximate surface area is 219 Å². The minimum Gasteiger partial charge on any atom is -0.484 e. The molecule has 0 saturated heterocycles. The van der Waals surface area contributed by atoms with Gasteiger partial charge in [-0.3, -0.25) is 9.59 Å². The highest BCUT2D eigenvalue weighted by Gasteiger charge is 2.30. The standard InChI is InChI=1S/C30H35ClN2O3/c1-4-23-13-15-27(16-14-23)36-21-29(34)33(20-25-11-8-12-26(31)17-25)28(30(35)32-19-22(2)3)18-24-9-6-5-7-10-24/h5-17,22,28H,4,18-21H2,1-3H3,(H,32,35)/t28-/m0/s1. The second kappa shape index (κ2) is 13.7. The number of benzene rings is 3. The van der Waals surface area contributed by atoms with Crippen LogP contribution in [0, 0.1) is 5.92 Å². The number of ether oxygens (including phenoxy) is 1. The van der Waals surface area contributed by atoms with Crippen LogP contribution in [0.3, 0.4) is 0 Å². The topological polar surface area (TPSA) is 58.6 Å². The van der Waals surface area contributed by atoms with Gasteiger partial charge in [0.25, 0.3) is 5.91 Å². The smallest absolute Gasteiger partial charge is 0.261 e. The molecule has 0 saturated carbocycles. The Balaban J connectivity index is 1.88. The van der Waals surface area contributed by atoms with Crippen LogP contribution in [0.5, 0.6) is 5.75 Å². The van der Waals surface area contributed by atoms with Gasteiger partial charge in [0, 0.05) is 24.5 Å². The lowest BCUT2D eigenvalue weighted by Gasteiger charge is -2.31. The fraction of sp³-hybridized carbons (Fsp3) is 0.333. The van der Waals surface area contributed by atoms with Crippen molar-refractivity contribution in [2.24, 2.45) is 5.92 Å². The largest absolute Gasteiger partial charge is 0.484 e. The second-order valence-corrected chi connectivity index (χ2v) is 9.72. The predicted octanol–water partition coefficient (Wildman–Crippen LogP) is 5.69. The van der Waals surface area contributed by atoms with E-state index in [0.717, 1.165) is 17.5 Å². The maximum Gasteiger partial charge on any atom is 0.261 e. The molecule has 0 aromatic heterocycles. The number of halogens is 1. The van der Waals surface area contributed by atoms with Gasteiger partial charge in [0.2, 0.25) is 5.91 Å². The molecule has 0 aliphatic heterocycles. The van der Waals surface area contributed by atoms with Crippen molar-refractivity contribution in [3.8, 4) is 5.75 Å². The third kappa shape index (κ3) is 8.42. The van der Waals surface area contributed by atoms with Crippen molar-refractivity contribution in [3.63, 3.8) is 0 Å². The van der Waals surface area contributed by atoms with Gasteiger partial charge in [-0.25, -0.2) is 0 Å². The van der Waals surface area contributed by atoms with Gasteiger partial charge in [0.15, 0.2) is 6.61 Å². The Kier molecular flexibility index (Phi) is 10.4. The van der Waals surface area contributed by atoms with Gasteiger partial charge < -0.3 is 15.0 Å². The maximum absolute atomic E-state index is 13.6. The summed E-state index contributed by atoms with van der Waals surface area (Å²) in [5.41, 5.74) is 3.01. The van der Waals surface area contributed by atoms with Gasteiger partial charge in [0.1, 0.15) is 11.8 Å². The molecule has 0 heterocycles. The highest BCUT2D eigenvalue weighted by Crippen LogP contribution is 2.19. The van der Waals surface area contributed by atoms with Crippen LogP contribution in [-0.4, -0.2) is 35.9 Å². The fourth-order valence-electron chi connectivity index (χ4n) is 3.86. The average Bonchev–Trinajstić information content (AvgIpc) is 2.88. The third-order valence-electron chi connectivity index (χ3n) is 5.89. The summed E-state index contributed by atoms with van der Waals surface area (Å²) in [5.74, 6) is 0.454. The van der Waals surface area contributed by atoms with Crippen LogP contribution in [0.1, 0.15) is 37.5 Å². The molecule has 5 nitrogen and oxygen atoms in total. The van der Waals surface area contributed by atoms with E-state index in [-0.39, 0.29) is 30.9 Å². The van der Waals surface area contributed by atoms with Crippen molar-refractivity contribution in [1.29, 1.82) is 0 Å². The molecule has 3 aromatic rings. The van der Waals surface area contributed by atoms with E-state index in [1.807, 2.05) is 86.6 Å². The second-order valence-electron chi connectivity index (χ2n) is 9.28. The summed E-state index contributed by atoms with van der Waals surface area (Å²) < 4.78 is 5.84. The van der Waals surface area contributed by atoms with Crippen LogP contribution in [0.2, 0.25) is 5.02 Å².